The van der Waals surface area contributed by atoms with Gasteiger partial charge in [0.2, 0.25) is 5.82 Å². The molecule has 3 rings (SSSR count). The van der Waals surface area contributed by atoms with E-state index in [1.165, 1.54) is 16.6 Å². The van der Waals surface area contributed by atoms with Gasteiger partial charge < -0.3 is 15.2 Å². The Hall–Kier alpha value is -3.19. The van der Waals surface area contributed by atoms with Gasteiger partial charge in [-0.3, -0.25) is 4.79 Å². The van der Waals surface area contributed by atoms with Gasteiger partial charge in [0, 0.05) is 5.69 Å². The summed E-state index contributed by atoms with van der Waals surface area (Å²) in [5.74, 6) is 0.807. The third-order valence-electron chi connectivity index (χ3n) is 4.44. The zero-order valence-electron chi connectivity index (χ0n) is 16.2. The van der Waals surface area contributed by atoms with Crippen molar-refractivity contribution in [2.75, 3.05) is 12.4 Å². The number of carbonyl (C=O) groups excluding carboxylic acids is 1. The van der Waals surface area contributed by atoms with E-state index in [1.54, 1.807) is 31.4 Å². The van der Waals surface area contributed by atoms with E-state index in [4.69, 9.17) is 4.74 Å². The number of nitrogens with one attached hydrogen (secondary N) is 1. The fraction of sp³-hybridized carbons (Fsp3) is 0.286. The van der Waals surface area contributed by atoms with Gasteiger partial charge >= 0.3 is 0 Å². The maximum absolute atomic E-state index is 12.3. The summed E-state index contributed by atoms with van der Waals surface area (Å²) in [6.07, 6.45) is 0.663. The molecule has 0 fully saturated rings. The predicted octanol–water partition coefficient (Wildman–Crippen LogP) is 3.40. The number of aromatic nitrogens is 3. The largest absolute Gasteiger partial charge is 0.497 e. The van der Waals surface area contributed by atoms with Crippen LogP contribution in [0.3, 0.4) is 0 Å². The molecule has 1 heterocycles. The van der Waals surface area contributed by atoms with Crippen molar-refractivity contribution in [3.8, 4) is 5.75 Å². The van der Waals surface area contributed by atoms with Crippen LogP contribution in [-0.2, 0) is 6.54 Å². The van der Waals surface area contributed by atoms with E-state index >= 15 is 0 Å². The molecule has 0 saturated heterocycles. The molecule has 0 unspecified atom stereocenters. The molecule has 1 aromatic heterocycles. The van der Waals surface area contributed by atoms with E-state index in [9.17, 15) is 9.90 Å². The first-order chi connectivity index (χ1) is 13.5. The molecule has 2 N–H and O–H groups in total. The van der Waals surface area contributed by atoms with Crippen LogP contribution in [0.25, 0.3) is 0 Å². The summed E-state index contributed by atoms with van der Waals surface area (Å²) < 4.78 is 6.56. The second-order valence-electron chi connectivity index (χ2n) is 6.81. The molecule has 0 saturated carbocycles. The molecule has 146 valence electrons. The van der Waals surface area contributed by atoms with E-state index in [2.05, 4.69) is 29.2 Å². The minimum atomic E-state index is -0.771. The van der Waals surface area contributed by atoms with Crippen LogP contribution in [0.15, 0.2) is 54.9 Å². The van der Waals surface area contributed by atoms with Crippen molar-refractivity contribution in [1.82, 2.24) is 14.8 Å². The highest BCUT2D eigenvalue weighted by atomic mass is 16.5. The van der Waals surface area contributed by atoms with Crippen molar-refractivity contribution in [3.05, 3.63) is 71.8 Å². The minimum absolute atomic E-state index is 0.0508. The van der Waals surface area contributed by atoms with Crippen molar-refractivity contribution in [3.63, 3.8) is 0 Å². The number of carbonyl (C=O) groups is 1. The Morgan fingerprint density at radius 1 is 1.11 bits per heavy atom. The van der Waals surface area contributed by atoms with Gasteiger partial charge in [-0.15, -0.1) is 5.10 Å². The van der Waals surface area contributed by atoms with Crippen LogP contribution in [0.1, 0.15) is 47.6 Å². The van der Waals surface area contributed by atoms with E-state index < -0.39 is 12.0 Å². The van der Waals surface area contributed by atoms with Gasteiger partial charge in [0.05, 0.1) is 19.8 Å². The molecular formula is C21H24N4O3. The molecule has 2 aromatic carbocycles. The van der Waals surface area contributed by atoms with Crippen LogP contribution >= 0.6 is 0 Å². The highest BCUT2D eigenvalue weighted by molar-refractivity contribution is 6.01. The first kappa shape index (κ1) is 19.6. The van der Waals surface area contributed by atoms with Gasteiger partial charge in [-0.25, -0.2) is 9.67 Å². The van der Waals surface area contributed by atoms with E-state index in [1.807, 2.05) is 24.3 Å². The maximum atomic E-state index is 12.3. The summed E-state index contributed by atoms with van der Waals surface area (Å²) >= 11 is 0. The first-order valence-corrected chi connectivity index (χ1v) is 9.09. The Labute approximate surface area is 164 Å². The lowest BCUT2D eigenvalue weighted by Crippen LogP contribution is -2.15. The lowest BCUT2D eigenvalue weighted by atomic mass is 10.0. The Kier molecular flexibility index (Phi) is 6.06. The molecule has 0 spiro atoms. The number of rotatable bonds is 7. The summed E-state index contributed by atoms with van der Waals surface area (Å²) in [7, 11) is 1.59. The van der Waals surface area contributed by atoms with E-state index in [0.717, 1.165) is 11.3 Å². The second-order valence-corrected chi connectivity index (χ2v) is 6.81. The smallest absolute Gasteiger partial charge is 0.295 e. The number of nitrogens with zero attached hydrogens (tertiary/aromatic N) is 3. The molecular weight excluding hydrogens is 356 g/mol. The number of hydrogen-bond acceptors (Lipinski definition) is 5. The number of amides is 1. The normalized spacial score (nSPS) is 12.0. The quantitative estimate of drug-likeness (QED) is 0.656. The highest BCUT2D eigenvalue weighted by Gasteiger charge is 2.15. The second kappa shape index (κ2) is 8.67. The zero-order chi connectivity index (χ0) is 20.1. The zero-order valence-corrected chi connectivity index (χ0v) is 16.2. The van der Waals surface area contributed by atoms with Gasteiger partial charge in [0.1, 0.15) is 12.1 Å². The fourth-order valence-electron chi connectivity index (χ4n) is 2.73. The molecule has 0 aliphatic rings. The number of aliphatic hydroxyl groups is 1. The highest BCUT2D eigenvalue weighted by Crippen LogP contribution is 2.19. The van der Waals surface area contributed by atoms with E-state index in [-0.39, 0.29) is 12.4 Å². The number of methoxy groups -OCH3 is 1. The standard InChI is InChI=1S/C21H24N4O3/c1-14(2)15-4-8-17(9-5-15)23-21(27)20-22-13-25(24-20)12-19(26)16-6-10-18(28-3)11-7-16/h4-11,13-14,19,26H,12H2,1-3H3,(H,23,27)/t19-/m0/s1. The van der Waals surface area contributed by atoms with Crippen molar-refractivity contribution < 1.29 is 14.6 Å². The Morgan fingerprint density at radius 3 is 2.36 bits per heavy atom. The average molecular weight is 380 g/mol. The molecule has 0 aliphatic heterocycles. The third-order valence-corrected chi connectivity index (χ3v) is 4.44. The van der Waals surface area contributed by atoms with Gasteiger partial charge in [0.15, 0.2) is 0 Å². The summed E-state index contributed by atoms with van der Waals surface area (Å²) in [6, 6.07) is 14.8. The number of anilines is 1. The van der Waals surface area contributed by atoms with Crippen LogP contribution in [0.4, 0.5) is 5.69 Å². The van der Waals surface area contributed by atoms with Crippen LogP contribution in [0.2, 0.25) is 0 Å². The third kappa shape index (κ3) is 4.75. The fourth-order valence-corrected chi connectivity index (χ4v) is 2.73. The summed E-state index contributed by atoms with van der Waals surface area (Å²) in [5, 5.41) is 17.3. The minimum Gasteiger partial charge on any atom is -0.497 e. The SMILES string of the molecule is COc1ccc([C@@H](O)Cn2cnc(C(=O)Nc3ccc(C(C)C)cc3)n2)cc1. The maximum Gasteiger partial charge on any atom is 0.295 e. The Bertz CT molecular complexity index is 918. The summed E-state index contributed by atoms with van der Waals surface area (Å²) in [4.78, 5) is 16.4. The number of hydrogen-bond donors (Lipinski definition) is 2. The molecule has 1 atom stereocenters. The number of ether oxygens (including phenoxy) is 1. The molecule has 0 aliphatic carbocycles. The Balaban J connectivity index is 1.61. The first-order valence-electron chi connectivity index (χ1n) is 9.09. The molecule has 1 amide bonds. The molecule has 7 heteroatoms. The summed E-state index contributed by atoms with van der Waals surface area (Å²) in [6.45, 7) is 4.42. The van der Waals surface area contributed by atoms with Crippen LogP contribution in [0.5, 0.6) is 5.75 Å². The summed E-state index contributed by atoms with van der Waals surface area (Å²) in [5.41, 5.74) is 2.62. The van der Waals surface area contributed by atoms with Crippen LogP contribution in [-0.4, -0.2) is 32.9 Å². The van der Waals surface area contributed by atoms with Gasteiger partial charge in [-0.2, -0.15) is 0 Å². The Morgan fingerprint density at radius 2 is 1.75 bits per heavy atom. The van der Waals surface area contributed by atoms with Gasteiger partial charge in [0.25, 0.3) is 5.91 Å². The van der Waals surface area contributed by atoms with E-state index in [0.29, 0.717) is 11.6 Å². The molecule has 3 aromatic rings. The number of aliphatic hydroxyl groups excluding tert-OH is 1. The van der Waals surface area contributed by atoms with Crippen LogP contribution in [0, 0.1) is 0 Å². The lowest BCUT2D eigenvalue weighted by molar-refractivity contribution is 0.101. The van der Waals surface area contributed by atoms with Crippen molar-refractivity contribution in [2.24, 2.45) is 0 Å². The molecule has 28 heavy (non-hydrogen) atoms. The van der Waals surface area contributed by atoms with Gasteiger partial charge in [-0.1, -0.05) is 38.1 Å². The lowest BCUT2D eigenvalue weighted by Gasteiger charge is -2.11. The number of benzene rings is 2. The monoisotopic (exact) mass is 380 g/mol. The topological polar surface area (TPSA) is 89.3 Å². The molecule has 0 radical (unpaired) electrons. The van der Waals surface area contributed by atoms with Crippen LogP contribution < -0.4 is 10.1 Å². The molecule has 0 bridgehead atoms. The predicted molar refractivity (Wildman–Crippen MR) is 106 cm³/mol. The molecule has 7 nitrogen and oxygen atoms in total. The van der Waals surface area contributed by atoms with Gasteiger partial charge in [-0.05, 0) is 41.3 Å². The average Bonchev–Trinajstić information content (AvgIpc) is 3.17. The van der Waals surface area contributed by atoms with Crippen molar-refractivity contribution >= 4 is 11.6 Å². The van der Waals surface area contributed by atoms with Crippen molar-refractivity contribution in [1.29, 1.82) is 0 Å². The van der Waals surface area contributed by atoms with Crippen molar-refractivity contribution in [2.45, 2.75) is 32.4 Å².